The predicted molar refractivity (Wildman–Crippen MR) is 62.0 cm³/mol. The number of ether oxygens (including phenoxy) is 1. The number of hydrogen-bond donors (Lipinski definition) is 2. The second kappa shape index (κ2) is 4.45. The third-order valence-electron chi connectivity index (χ3n) is 1.91. The SMILES string of the molecule is CC(C)(C)OCc1cccc(C(=N)N)c1. The van der Waals surface area contributed by atoms with Crippen LogP contribution >= 0.6 is 0 Å². The Morgan fingerprint density at radius 2 is 2.07 bits per heavy atom. The van der Waals surface area contributed by atoms with Crippen molar-refractivity contribution in [2.45, 2.75) is 33.0 Å². The molecule has 0 atom stereocenters. The van der Waals surface area contributed by atoms with E-state index >= 15 is 0 Å². The first-order valence-corrected chi connectivity index (χ1v) is 4.96. The molecule has 0 heterocycles. The third-order valence-corrected chi connectivity index (χ3v) is 1.91. The van der Waals surface area contributed by atoms with E-state index in [1.54, 1.807) is 0 Å². The van der Waals surface area contributed by atoms with Crippen molar-refractivity contribution in [3.63, 3.8) is 0 Å². The fourth-order valence-corrected chi connectivity index (χ4v) is 1.13. The van der Waals surface area contributed by atoms with Crippen molar-refractivity contribution < 1.29 is 4.74 Å². The van der Waals surface area contributed by atoms with Gasteiger partial charge in [0.2, 0.25) is 0 Å². The molecule has 3 N–H and O–H groups in total. The van der Waals surface area contributed by atoms with E-state index in [0.29, 0.717) is 6.61 Å². The fraction of sp³-hybridized carbons (Fsp3) is 0.417. The smallest absolute Gasteiger partial charge is 0.122 e. The van der Waals surface area contributed by atoms with Crippen molar-refractivity contribution in [3.05, 3.63) is 35.4 Å². The predicted octanol–water partition coefficient (Wildman–Crippen LogP) is 2.29. The lowest BCUT2D eigenvalue weighted by Gasteiger charge is -2.19. The zero-order valence-electron chi connectivity index (χ0n) is 9.50. The van der Waals surface area contributed by atoms with Gasteiger partial charge in [0.1, 0.15) is 5.84 Å². The van der Waals surface area contributed by atoms with Crippen molar-refractivity contribution in [3.8, 4) is 0 Å². The van der Waals surface area contributed by atoms with Crippen molar-refractivity contribution in [1.29, 1.82) is 5.41 Å². The molecule has 0 aliphatic carbocycles. The maximum absolute atomic E-state index is 7.32. The minimum absolute atomic E-state index is 0.0904. The van der Waals surface area contributed by atoms with Crippen LogP contribution in [0, 0.1) is 5.41 Å². The molecule has 0 radical (unpaired) electrons. The van der Waals surface area contributed by atoms with Crippen LogP contribution in [0.2, 0.25) is 0 Å². The molecule has 1 rings (SSSR count). The van der Waals surface area contributed by atoms with Gasteiger partial charge in [0.05, 0.1) is 12.2 Å². The Kier molecular flexibility index (Phi) is 3.48. The zero-order chi connectivity index (χ0) is 11.5. The summed E-state index contributed by atoms with van der Waals surface area (Å²) >= 11 is 0. The Balaban J connectivity index is 2.70. The highest BCUT2D eigenvalue weighted by Gasteiger charge is 2.10. The molecular weight excluding hydrogens is 188 g/mol. The van der Waals surface area contributed by atoms with Gasteiger partial charge in [-0.05, 0) is 32.4 Å². The molecule has 0 fully saturated rings. The summed E-state index contributed by atoms with van der Waals surface area (Å²) in [6.07, 6.45) is 0. The molecule has 0 bridgehead atoms. The Morgan fingerprint density at radius 3 is 2.60 bits per heavy atom. The van der Waals surface area contributed by atoms with E-state index in [4.69, 9.17) is 15.9 Å². The van der Waals surface area contributed by atoms with E-state index in [2.05, 4.69) is 0 Å². The number of amidine groups is 1. The largest absolute Gasteiger partial charge is 0.384 e. The number of nitrogens with two attached hydrogens (primary N) is 1. The van der Waals surface area contributed by atoms with Gasteiger partial charge in [0.25, 0.3) is 0 Å². The highest BCUT2D eigenvalue weighted by atomic mass is 16.5. The molecular formula is C12H18N2O. The number of rotatable bonds is 3. The summed E-state index contributed by atoms with van der Waals surface area (Å²) in [5, 5.41) is 7.32. The van der Waals surface area contributed by atoms with Crippen LogP contribution in [0.5, 0.6) is 0 Å². The molecule has 0 aliphatic heterocycles. The summed E-state index contributed by atoms with van der Waals surface area (Å²) in [7, 11) is 0. The summed E-state index contributed by atoms with van der Waals surface area (Å²) in [5.41, 5.74) is 7.04. The van der Waals surface area contributed by atoms with Gasteiger partial charge >= 0.3 is 0 Å². The average molecular weight is 206 g/mol. The average Bonchev–Trinajstić information content (AvgIpc) is 2.14. The molecule has 0 unspecified atom stereocenters. The molecule has 3 heteroatoms. The van der Waals surface area contributed by atoms with Gasteiger partial charge in [-0.25, -0.2) is 0 Å². The third kappa shape index (κ3) is 4.13. The zero-order valence-corrected chi connectivity index (χ0v) is 9.50. The standard InChI is InChI=1S/C12H18N2O/c1-12(2,3)15-8-9-5-4-6-10(7-9)11(13)14/h4-7H,8H2,1-3H3,(H3,13,14). The Morgan fingerprint density at radius 1 is 1.40 bits per heavy atom. The highest BCUT2D eigenvalue weighted by molar-refractivity contribution is 5.95. The number of benzene rings is 1. The number of nitrogens with one attached hydrogen (secondary N) is 1. The topological polar surface area (TPSA) is 59.1 Å². The van der Waals surface area contributed by atoms with Crippen molar-refractivity contribution in [1.82, 2.24) is 0 Å². The molecule has 3 nitrogen and oxygen atoms in total. The van der Waals surface area contributed by atoms with Crippen LogP contribution in [0.3, 0.4) is 0 Å². The Bertz CT molecular complexity index is 353. The van der Waals surface area contributed by atoms with Gasteiger partial charge in [0, 0.05) is 5.56 Å². The summed E-state index contributed by atoms with van der Waals surface area (Å²) in [5.74, 6) is 0.0904. The van der Waals surface area contributed by atoms with Gasteiger partial charge < -0.3 is 10.5 Å². The van der Waals surface area contributed by atoms with E-state index in [1.807, 2.05) is 45.0 Å². The van der Waals surface area contributed by atoms with Crippen LogP contribution in [-0.2, 0) is 11.3 Å². The lowest BCUT2D eigenvalue weighted by molar-refractivity contribution is -0.0149. The molecule has 1 aromatic carbocycles. The first-order valence-electron chi connectivity index (χ1n) is 4.96. The van der Waals surface area contributed by atoms with Crippen molar-refractivity contribution in [2.24, 2.45) is 5.73 Å². The summed E-state index contributed by atoms with van der Waals surface area (Å²) < 4.78 is 5.64. The molecule has 0 saturated carbocycles. The second-order valence-electron chi connectivity index (χ2n) is 4.52. The van der Waals surface area contributed by atoms with Gasteiger partial charge in [-0.15, -0.1) is 0 Å². The van der Waals surface area contributed by atoms with Crippen LogP contribution in [0.1, 0.15) is 31.9 Å². The quantitative estimate of drug-likeness (QED) is 0.589. The minimum Gasteiger partial charge on any atom is -0.384 e. The van der Waals surface area contributed by atoms with Crippen LogP contribution in [-0.4, -0.2) is 11.4 Å². The second-order valence-corrected chi connectivity index (χ2v) is 4.52. The van der Waals surface area contributed by atoms with E-state index in [9.17, 15) is 0 Å². The molecule has 82 valence electrons. The Hall–Kier alpha value is -1.35. The van der Waals surface area contributed by atoms with Crippen molar-refractivity contribution in [2.75, 3.05) is 0 Å². The van der Waals surface area contributed by atoms with E-state index in [0.717, 1.165) is 11.1 Å². The maximum Gasteiger partial charge on any atom is 0.122 e. The monoisotopic (exact) mass is 206 g/mol. The first kappa shape index (κ1) is 11.7. The van der Waals surface area contributed by atoms with Gasteiger partial charge in [-0.1, -0.05) is 18.2 Å². The lowest BCUT2D eigenvalue weighted by atomic mass is 10.1. The van der Waals surface area contributed by atoms with Crippen LogP contribution in [0.25, 0.3) is 0 Å². The first-order chi connectivity index (χ1) is 6.88. The van der Waals surface area contributed by atoms with Gasteiger partial charge in [-0.3, -0.25) is 5.41 Å². The summed E-state index contributed by atoms with van der Waals surface area (Å²) in [6, 6.07) is 7.56. The normalized spacial score (nSPS) is 11.4. The van der Waals surface area contributed by atoms with Crippen LogP contribution in [0.15, 0.2) is 24.3 Å². The van der Waals surface area contributed by atoms with E-state index < -0.39 is 0 Å². The molecule has 15 heavy (non-hydrogen) atoms. The van der Waals surface area contributed by atoms with Gasteiger partial charge in [0.15, 0.2) is 0 Å². The minimum atomic E-state index is -0.147. The fourth-order valence-electron chi connectivity index (χ4n) is 1.13. The molecule has 0 saturated heterocycles. The van der Waals surface area contributed by atoms with Crippen LogP contribution in [0.4, 0.5) is 0 Å². The molecule has 0 aromatic heterocycles. The highest BCUT2D eigenvalue weighted by Crippen LogP contribution is 2.12. The maximum atomic E-state index is 7.32. The molecule has 1 aromatic rings. The number of hydrogen-bond acceptors (Lipinski definition) is 2. The summed E-state index contributed by atoms with van der Waals surface area (Å²) in [6.45, 7) is 6.59. The molecule has 0 amide bonds. The van der Waals surface area contributed by atoms with E-state index in [-0.39, 0.29) is 11.4 Å². The van der Waals surface area contributed by atoms with Crippen LogP contribution < -0.4 is 5.73 Å². The van der Waals surface area contributed by atoms with Gasteiger partial charge in [-0.2, -0.15) is 0 Å². The Labute approximate surface area is 90.8 Å². The molecule has 0 spiro atoms. The summed E-state index contributed by atoms with van der Waals surface area (Å²) in [4.78, 5) is 0. The molecule has 0 aliphatic rings. The van der Waals surface area contributed by atoms with E-state index in [1.165, 1.54) is 0 Å². The number of nitrogen functional groups attached to an aromatic ring is 1. The lowest BCUT2D eigenvalue weighted by Crippen LogP contribution is -2.19. The van der Waals surface area contributed by atoms with Crippen molar-refractivity contribution >= 4 is 5.84 Å².